The summed E-state index contributed by atoms with van der Waals surface area (Å²) in [5.41, 5.74) is 2.10. The largest absolute Gasteiger partial charge is 0.467 e. The molecule has 0 amide bonds. The molecule has 1 aliphatic rings. The lowest BCUT2D eigenvalue weighted by molar-refractivity contribution is -0.141. The normalized spacial score (nSPS) is 18.2. The SMILES string of the molecule is COC(=O)C1Cc2c(F)cc(C)cc2N1. The van der Waals surface area contributed by atoms with E-state index in [-0.39, 0.29) is 11.8 Å². The number of carbonyl (C=O) groups is 1. The van der Waals surface area contributed by atoms with Gasteiger partial charge in [-0.25, -0.2) is 9.18 Å². The van der Waals surface area contributed by atoms with Gasteiger partial charge in [-0.15, -0.1) is 0 Å². The number of fused-ring (bicyclic) bond motifs is 1. The maximum atomic E-state index is 13.5. The highest BCUT2D eigenvalue weighted by molar-refractivity contribution is 5.82. The Kier molecular flexibility index (Phi) is 2.34. The molecule has 3 nitrogen and oxygen atoms in total. The average molecular weight is 209 g/mol. The highest BCUT2D eigenvalue weighted by atomic mass is 19.1. The van der Waals surface area contributed by atoms with Crippen LogP contribution in [0.25, 0.3) is 0 Å². The summed E-state index contributed by atoms with van der Waals surface area (Å²) in [6, 6.07) is 2.85. The van der Waals surface area contributed by atoms with Gasteiger partial charge in [-0.05, 0) is 24.6 Å². The van der Waals surface area contributed by atoms with Crippen molar-refractivity contribution in [1.29, 1.82) is 0 Å². The Labute approximate surface area is 87.2 Å². The zero-order chi connectivity index (χ0) is 11.0. The number of methoxy groups -OCH3 is 1. The van der Waals surface area contributed by atoms with E-state index >= 15 is 0 Å². The van der Waals surface area contributed by atoms with Crippen LogP contribution in [0.3, 0.4) is 0 Å². The molecule has 0 fully saturated rings. The molecule has 0 bridgehead atoms. The fraction of sp³-hybridized carbons (Fsp3) is 0.364. The molecule has 1 atom stereocenters. The van der Waals surface area contributed by atoms with E-state index in [0.29, 0.717) is 17.7 Å². The van der Waals surface area contributed by atoms with E-state index in [9.17, 15) is 9.18 Å². The zero-order valence-corrected chi connectivity index (χ0v) is 8.63. The third-order valence-electron chi connectivity index (χ3n) is 2.56. The first-order chi connectivity index (χ1) is 7.11. The van der Waals surface area contributed by atoms with Crippen molar-refractivity contribution < 1.29 is 13.9 Å². The smallest absolute Gasteiger partial charge is 0.328 e. The Morgan fingerprint density at radius 1 is 1.60 bits per heavy atom. The van der Waals surface area contributed by atoms with Crippen LogP contribution in [0.2, 0.25) is 0 Å². The molecular formula is C11H12FNO2. The van der Waals surface area contributed by atoms with E-state index < -0.39 is 6.04 Å². The van der Waals surface area contributed by atoms with Gasteiger partial charge < -0.3 is 10.1 Å². The van der Waals surface area contributed by atoms with Crippen LogP contribution in [-0.4, -0.2) is 19.1 Å². The third-order valence-corrected chi connectivity index (χ3v) is 2.56. The Morgan fingerprint density at radius 3 is 3.00 bits per heavy atom. The molecule has 4 heteroatoms. The van der Waals surface area contributed by atoms with E-state index in [2.05, 4.69) is 10.1 Å². The molecule has 1 aliphatic heterocycles. The minimum absolute atomic E-state index is 0.260. The van der Waals surface area contributed by atoms with E-state index in [1.807, 2.05) is 13.0 Å². The molecule has 0 radical (unpaired) electrons. The van der Waals surface area contributed by atoms with Crippen LogP contribution in [0.4, 0.5) is 10.1 Å². The highest BCUT2D eigenvalue weighted by Crippen LogP contribution is 2.29. The molecule has 0 spiro atoms. The molecule has 1 unspecified atom stereocenters. The van der Waals surface area contributed by atoms with Crippen molar-refractivity contribution in [1.82, 2.24) is 0 Å². The van der Waals surface area contributed by atoms with Gasteiger partial charge in [-0.2, -0.15) is 0 Å². The lowest BCUT2D eigenvalue weighted by atomic mass is 10.1. The summed E-state index contributed by atoms with van der Waals surface area (Å²) in [4.78, 5) is 11.3. The summed E-state index contributed by atoms with van der Waals surface area (Å²) >= 11 is 0. The molecular weight excluding hydrogens is 197 g/mol. The highest BCUT2D eigenvalue weighted by Gasteiger charge is 2.29. The second-order valence-electron chi connectivity index (χ2n) is 3.70. The number of benzene rings is 1. The Morgan fingerprint density at radius 2 is 2.33 bits per heavy atom. The van der Waals surface area contributed by atoms with Crippen molar-refractivity contribution in [2.75, 3.05) is 12.4 Å². The third kappa shape index (κ3) is 1.67. The molecule has 1 aromatic rings. The summed E-state index contributed by atoms with van der Waals surface area (Å²) in [6.45, 7) is 1.82. The van der Waals surface area contributed by atoms with Gasteiger partial charge in [0.15, 0.2) is 0 Å². The van der Waals surface area contributed by atoms with Crippen molar-refractivity contribution >= 4 is 11.7 Å². The minimum Gasteiger partial charge on any atom is -0.467 e. The molecule has 1 N–H and O–H groups in total. The molecule has 15 heavy (non-hydrogen) atoms. The van der Waals surface area contributed by atoms with Gasteiger partial charge in [0.2, 0.25) is 0 Å². The number of aryl methyl sites for hydroxylation is 1. The number of carbonyl (C=O) groups excluding carboxylic acids is 1. The number of hydrogen-bond donors (Lipinski definition) is 1. The Hall–Kier alpha value is -1.58. The predicted octanol–water partition coefficient (Wildman–Crippen LogP) is 1.64. The van der Waals surface area contributed by atoms with Crippen LogP contribution in [0, 0.1) is 12.7 Å². The average Bonchev–Trinajstić information content (AvgIpc) is 2.60. The molecule has 0 saturated heterocycles. The maximum Gasteiger partial charge on any atom is 0.328 e. The van der Waals surface area contributed by atoms with Gasteiger partial charge in [0.1, 0.15) is 11.9 Å². The van der Waals surface area contributed by atoms with E-state index in [0.717, 1.165) is 5.56 Å². The second kappa shape index (κ2) is 3.53. The van der Waals surface area contributed by atoms with E-state index in [4.69, 9.17) is 0 Å². The standard InChI is InChI=1S/C11H12FNO2/c1-6-3-8(12)7-5-10(11(14)15-2)13-9(7)4-6/h3-4,10,13H,5H2,1-2H3. The van der Waals surface area contributed by atoms with Gasteiger partial charge in [0.05, 0.1) is 7.11 Å². The van der Waals surface area contributed by atoms with Crippen LogP contribution in [0.1, 0.15) is 11.1 Å². The summed E-state index contributed by atoms with van der Waals surface area (Å²) in [5, 5.41) is 2.95. The van der Waals surface area contributed by atoms with Crippen LogP contribution >= 0.6 is 0 Å². The summed E-state index contributed by atoms with van der Waals surface area (Å²) < 4.78 is 18.1. The topological polar surface area (TPSA) is 38.3 Å². The number of rotatable bonds is 1. The van der Waals surface area contributed by atoms with Crippen molar-refractivity contribution in [3.8, 4) is 0 Å². The molecule has 2 rings (SSSR count). The van der Waals surface area contributed by atoms with Gasteiger partial charge >= 0.3 is 5.97 Å². The summed E-state index contributed by atoms with van der Waals surface area (Å²) in [5.74, 6) is -0.618. The van der Waals surface area contributed by atoms with Crippen molar-refractivity contribution in [2.24, 2.45) is 0 Å². The quantitative estimate of drug-likeness (QED) is 0.714. The van der Waals surface area contributed by atoms with Crippen molar-refractivity contribution in [3.05, 3.63) is 29.1 Å². The minimum atomic E-state index is -0.457. The zero-order valence-electron chi connectivity index (χ0n) is 8.63. The fourth-order valence-corrected chi connectivity index (χ4v) is 1.84. The molecule has 0 saturated carbocycles. The Bertz CT molecular complexity index is 417. The predicted molar refractivity (Wildman–Crippen MR) is 54.3 cm³/mol. The lowest BCUT2D eigenvalue weighted by Gasteiger charge is -2.07. The number of ether oxygens (including phenoxy) is 1. The first kappa shape index (κ1) is 9.96. The summed E-state index contributed by atoms with van der Waals surface area (Å²) in [6.07, 6.45) is 0.355. The Balaban J connectivity index is 2.31. The van der Waals surface area contributed by atoms with Crippen LogP contribution in [-0.2, 0) is 16.0 Å². The number of hydrogen-bond acceptors (Lipinski definition) is 3. The maximum absolute atomic E-state index is 13.5. The van der Waals surface area contributed by atoms with E-state index in [1.165, 1.54) is 13.2 Å². The molecule has 0 aromatic heterocycles. The fourth-order valence-electron chi connectivity index (χ4n) is 1.84. The molecule has 1 aromatic carbocycles. The van der Waals surface area contributed by atoms with Gasteiger partial charge in [0, 0.05) is 17.7 Å². The number of halogens is 1. The van der Waals surface area contributed by atoms with Crippen LogP contribution < -0.4 is 5.32 Å². The van der Waals surface area contributed by atoms with Gasteiger partial charge in [-0.3, -0.25) is 0 Å². The first-order valence-corrected chi connectivity index (χ1v) is 4.75. The second-order valence-corrected chi connectivity index (χ2v) is 3.70. The van der Waals surface area contributed by atoms with E-state index in [1.54, 1.807) is 0 Å². The summed E-state index contributed by atoms with van der Waals surface area (Å²) in [7, 11) is 1.33. The molecule has 0 aliphatic carbocycles. The van der Waals surface area contributed by atoms with Crippen molar-refractivity contribution in [2.45, 2.75) is 19.4 Å². The van der Waals surface area contributed by atoms with Crippen molar-refractivity contribution in [3.63, 3.8) is 0 Å². The van der Waals surface area contributed by atoms with Gasteiger partial charge in [0.25, 0.3) is 0 Å². The van der Waals surface area contributed by atoms with Gasteiger partial charge in [-0.1, -0.05) is 0 Å². The number of nitrogens with one attached hydrogen (secondary N) is 1. The molecule has 80 valence electrons. The number of esters is 1. The first-order valence-electron chi connectivity index (χ1n) is 4.75. The molecule has 1 heterocycles. The monoisotopic (exact) mass is 209 g/mol. The lowest BCUT2D eigenvalue weighted by Crippen LogP contribution is -2.27. The number of anilines is 1. The van der Waals surface area contributed by atoms with Crippen LogP contribution in [0.5, 0.6) is 0 Å². The van der Waals surface area contributed by atoms with Crippen LogP contribution in [0.15, 0.2) is 12.1 Å².